The van der Waals surface area contributed by atoms with Gasteiger partial charge in [0.25, 0.3) is 0 Å². The molecule has 2 rings (SSSR count). The molecule has 0 aliphatic heterocycles. The van der Waals surface area contributed by atoms with Crippen LogP contribution in [0.2, 0.25) is 5.02 Å². The summed E-state index contributed by atoms with van der Waals surface area (Å²) in [5.74, 6) is -1.11. The fourth-order valence-corrected chi connectivity index (χ4v) is 2.47. The van der Waals surface area contributed by atoms with Crippen molar-refractivity contribution in [3.05, 3.63) is 28.8 Å². The molecular weight excluding hydrogens is 296 g/mol. The highest BCUT2D eigenvalue weighted by molar-refractivity contribution is 6.33. The number of halogens is 1. The average molecular weight is 313 g/mol. The number of hydrogen-bond acceptors (Lipinski definition) is 3. The zero-order valence-electron chi connectivity index (χ0n) is 11.6. The second-order valence-corrected chi connectivity index (χ2v) is 5.46. The van der Waals surface area contributed by atoms with Crippen LogP contribution in [-0.2, 0) is 4.74 Å². The van der Waals surface area contributed by atoms with Crippen LogP contribution >= 0.6 is 11.6 Å². The average Bonchev–Trinajstić information content (AvgIpc) is 2.37. The molecule has 1 aliphatic carbocycles. The van der Waals surface area contributed by atoms with Crippen LogP contribution in [0.3, 0.4) is 0 Å². The van der Waals surface area contributed by atoms with Crippen LogP contribution in [0.5, 0.6) is 0 Å². The van der Waals surface area contributed by atoms with Gasteiger partial charge in [-0.3, -0.25) is 0 Å². The molecule has 1 aromatic rings. The molecule has 21 heavy (non-hydrogen) atoms. The number of aromatic carboxylic acids is 1. The molecule has 1 fully saturated rings. The molecule has 0 saturated heterocycles. The van der Waals surface area contributed by atoms with Gasteiger partial charge in [0.05, 0.1) is 16.2 Å². The Morgan fingerprint density at radius 3 is 2.62 bits per heavy atom. The van der Waals surface area contributed by atoms with Crippen molar-refractivity contribution in [1.29, 1.82) is 0 Å². The standard InChI is InChI=1S/C14H17ClN2O4/c1-21-14(5-2-6-14)8-16-13(20)17-9-3-4-10(12(18)19)11(15)7-9/h3-4,7H,2,5-6,8H2,1H3,(H,18,19)(H2,16,17,20). The molecular formula is C14H17ClN2O4. The molecule has 0 spiro atoms. The number of ether oxygens (including phenoxy) is 1. The molecule has 7 heteroatoms. The lowest BCUT2D eigenvalue weighted by Gasteiger charge is -2.40. The van der Waals surface area contributed by atoms with E-state index >= 15 is 0 Å². The van der Waals surface area contributed by atoms with Crippen molar-refractivity contribution in [2.24, 2.45) is 0 Å². The summed E-state index contributed by atoms with van der Waals surface area (Å²) in [7, 11) is 1.64. The Morgan fingerprint density at radius 2 is 2.14 bits per heavy atom. The monoisotopic (exact) mass is 312 g/mol. The van der Waals surface area contributed by atoms with Gasteiger partial charge in [-0.25, -0.2) is 9.59 Å². The van der Waals surface area contributed by atoms with Crippen molar-refractivity contribution in [2.75, 3.05) is 19.0 Å². The Labute approximate surface area is 127 Å². The van der Waals surface area contributed by atoms with Gasteiger partial charge in [0.15, 0.2) is 0 Å². The van der Waals surface area contributed by atoms with E-state index < -0.39 is 5.97 Å². The van der Waals surface area contributed by atoms with Gasteiger partial charge in [-0.1, -0.05) is 11.6 Å². The topological polar surface area (TPSA) is 87.7 Å². The van der Waals surface area contributed by atoms with Crippen molar-refractivity contribution < 1.29 is 19.4 Å². The second kappa shape index (κ2) is 6.32. The molecule has 0 bridgehead atoms. The summed E-state index contributed by atoms with van der Waals surface area (Å²) < 4.78 is 5.41. The van der Waals surface area contributed by atoms with Crippen LogP contribution in [0.1, 0.15) is 29.6 Å². The zero-order chi connectivity index (χ0) is 15.5. The molecule has 0 atom stereocenters. The van der Waals surface area contributed by atoms with Gasteiger partial charge < -0.3 is 20.5 Å². The lowest BCUT2D eigenvalue weighted by molar-refractivity contribution is -0.0671. The SMILES string of the molecule is COC1(CNC(=O)Nc2ccc(C(=O)O)c(Cl)c2)CCC1. The molecule has 1 aromatic carbocycles. The Balaban J connectivity index is 1.91. The Bertz CT molecular complexity index is 552. The summed E-state index contributed by atoms with van der Waals surface area (Å²) in [5.41, 5.74) is 0.181. The molecule has 0 radical (unpaired) electrons. The minimum Gasteiger partial charge on any atom is -0.478 e. The largest absolute Gasteiger partial charge is 0.478 e. The summed E-state index contributed by atoms with van der Waals surface area (Å²) >= 11 is 5.84. The number of anilines is 1. The number of amides is 2. The number of urea groups is 1. The predicted molar refractivity (Wildman–Crippen MR) is 79.0 cm³/mol. The van der Waals surface area contributed by atoms with E-state index in [1.54, 1.807) is 7.11 Å². The summed E-state index contributed by atoms with van der Waals surface area (Å²) in [6, 6.07) is 3.87. The third-order valence-electron chi connectivity index (χ3n) is 3.73. The Kier molecular flexibility index (Phi) is 4.69. The molecule has 1 aliphatic rings. The first-order chi connectivity index (χ1) is 9.96. The number of nitrogens with one attached hydrogen (secondary N) is 2. The minimum atomic E-state index is -1.11. The van der Waals surface area contributed by atoms with Crippen LogP contribution in [0.15, 0.2) is 18.2 Å². The first-order valence-electron chi connectivity index (χ1n) is 6.59. The van der Waals surface area contributed by atoms with Gasteiger partial charge >= 0.3 is 12.0 Å². The Hall–Kier alpha value is -1.79. The fraction of sp³-hybridized carbons (Fsp3) is 0.429. The van der Waals surface area contributed by atoms with E-state index in [1.807, 2.05) is 0 Å². The number of methoxy groups -OCH3 is 1. The molecule has 0 unspecified atom stereocenters. The molecule has 3 N–H and O–H groups in total. The highest BCUT2D eigenvalue weighted by Gasteiger charge is 2.37. The van der Waals surface area contributed by atoms with Crippen LogP contribution < -0.4 is 10.6 Å². The maximum Gasteiger partial charge on any atom is 0.337 e. The van der Waals surface area contributed by atoms with Gasteiger partial charge in [0.2, 0.25) is 0 Å². The Morgan fingerprint density at radius 1 is 1.43 bits per heavy atom. The number of benzene rings is 1. The normalized spacial score (nSPS) is 15.9. The van der Waals surface area contributed by atoms with E-state index in [4.69, 9.17) is 21.4 Å². The number of carboxylic acid groups (broad SMARTS) is 1. The minimum absolute atomic E-state index is 0.00423. The quantitative estimate of drug-likeness (QED) is 0.780. The van der Waals surface area contributed by atoms with Gasteiger partial charge in [-0.05, 0) is 37.5 Å². The van der Waals surface area contributed by atoms with E-state index in [2.05, 4.69) is 10.6 Å². The third kappa shape index (κ3) is 3.65. The lowest BCUT2D eigenvalue weighted by atomic mass is 9.80. The van der Waals surface area contributed by atoms with Crippen LogP contribution in [0.25, 0.3) is 0 Å². The maximum atomic E-state index is 11.8. The van der Waals surface area contributed by atoms with Crippen molar-refractivity contribution in [2.45, 2.75) is 24.9 Å². The van der Waals surface area contributed by atoms with Gasteiger partial charge in [-0.2, -0.15) is 0 Å². The summed E-state index contributed by atoms with van der Waals surface area (Å²) in [6.45, 7) is 0.441. The van der Waals surface area contributed by atoms with E-state index in [0.717, 1.165) is 19.3 Å². The van der Waals surface area contributed by atoms with E-state index in [9.17, 15) is 9.59 Å². The van der Waals surface area contributed by atoms with Crippen molar-refractivity contribution >= 4 is 29.3 Å². The highest BCUT2D eigenvalue weighted by Crippen LogP contribution is 2.34. The molecule has 114 valence electrons. The van der Waals surface area contributed by atoms with Crippen molar-refractivity contribution in [3.8, 4) is 0 Å². The molecule has 1 saturated carbocycles. The van der Waals surface area contributed by atoms with E-state index in [0.29, 0.717) is 12.2 Å². The number of carboxylic acids is 1. The van der Waals surface area contributed by atoms with Crippen LogP contribution in [-0.4, -0.2) is 36.4 Å². The smallest absolute Gasteiger partial charge is 0.337 e. The fourth-order valence-electron chi connectivity index (χ4n) is 2.21. The molecule has 2 amide bonds. The van der Waals surface area contributed by atoms with Gasteiger partial charge in [0, 0.05) is 19.3 Å². The van der Waals surface area contributed by atoms with Gasteiger partial charge in [-0.15, -0.1) is 0 Å². The first kappa shape index (κ1) is 15.6. The van der Waals surface area contributed by atoms with Crippen molar-refractivity contribution in [3.63, 3.8) is 0 Å². The van der Waals surface area contributed by atoms with Crippen LogP contribution in [0.4, 0.5) is 10.5 Å². The summed E-state index contributed by atoms with van der Waals surface area (Å²) in [5, 5.41) is 14.3. The number of carbonyl (C=O) groups is 2. The van der Waals surface area contributed by atoms with Gasteiger partial charge in [0.1, 0.15) is 0 Å². The summed E-state index contributed by atoms with van der Waals surface area (Å²) in [6.07, 6.45) is 2.97. The highest BCUT2D eigenvalue weighted by atomic mass is 35.5. The number of rotatable bonds is 5. The van der Waals surface area contributed by atoms with E-state index in [1.165, 1.54) is 18.2 Å². The predicted octanol–water partition coefficient (Wildman–Crippen LogP) is 2.73. The van der Waals surface area contributed by atoms with Crippen molar-refractivity contribution in [1.82, 2.24) is 5.32 Å². The molecule has 0 aromatic heterocycles. The zero-order valence-corrected chi connectivity index (χ0v) is 12.4. The lowest BCUT2D eigenvalue weighted by Crippen LogP contribution is -2.50. The summed E-state index contributed by atoms with van der Waals surface area (Å²) in [4.78, 5) is 22.7. The van der Waals surface area contributed by atoms with Crippen LogP contribution in [0, 0.1) is 0 Å². The third-order valence-corrected chi connectivity index (χ3v) is 4.04. The maximum absolute atomic E-state index is 11.8. The molecule has 6 nitrogen and oxygen atoms in total. The van der Waals surface area contributed by atoms with E-state index in [-0.39, 0.29) is 22.2 Å². The first-order valence-corrected chi connectivity index (χ1v) is 6.96. The number of carbonyl (C=O) groups excluding carboxylic acids is 1. The second-order valence-electron chi connectivity index (χ2n) is 5.05. The molecule has 0 heterocycles. The number of hydrogen-bond donors (Lipinski definition) is 3.